The summed E-state index contributed by atoms with van der Waals surface area (Å²) < 4.78 is 11.7. The Hall–Kier alpha value is -3.95. The molecule has 2 amide bonds. The van der Waals surface area contributed by atoms with Crippen LogP contribution in [0, 0.1) is 5.92 Å². The highest BCUT2D eigenvalue weighted by Crippen LogP contribution is 2.23. The molecule has 0 radical (unpaired) electrons. The Morgan fingerprint density at radius 1 is 1.00 bits per heavy atom. The van der Waals surface area contributed by atoms with Crippen molar-refractivity contribution in [3.63, 3.8) is 0 Å². The molecule has 0 fully saturated rings. The fourth-order valence-corrected chi connectivity index (χ4v) is 3.98. The summed E-state index contributed by atoms with van der Waals surface area (Å²) in [5, 5.41) is 11.8. The minimum absolute atomic E-state index is 0.0680. The average molecular weight is 466 g/mol. The van der Waals surface area contributed by atoms with Gasteiger partial charge < -0.3 is 23.9 Å². The molecule has 1 aliphatic rings. The van der Waals surface area contributed by atoms with Gasteiger partial charge in [-0.1, -0.05) is 13.8 Å². The van der Waals surface area contributed by atoms with E-state index in [9.17, 15) is 14.4 Å². The van der Waals surface area contributed by atoms with Crippen LogP contribution in [0.4, 0.5) is 0 Å². The van der Waals surface area contributed by atoms with E-state index in [0.29, 0.717) is 48.6 Å². The minimum atomic E-state index is -0.446. The van der Waals surface area contributed by atoms with Gasteiger partial charge >= 0.3 is 5.97 Å². The molecule has 3 aromatic rings. The molecule has 34 heavy (non-hydrogen) atoms. The van der Waals surface area contributed by atoms with Gasteiger partial charge in [0, 0.05) is 31.6 Å². The molecular formula is C24H27N5O5. The zero-order chi connectivity index (χ0) is 24.2. The Bertz CT molecular complexity index is 1170. The molecule has 2 aromatic heterocycles. The van der Waals surface area contributed by atoms with Gasteiger partial charge in [-0.05, 0) is 36.2 Å². The molecule has 0 saturated carbocycles. The monoisotopic (exact) mass is 465 g/mol. The van der Waals surface area contributed by atoms with Crippen molar-refractivity contribution in [1.29, 1.82) is 0 Å². The number of nitrogens with zero attached hydrogens (tertiary/aromatic N) is 4. The lowest BCUT2D eigenvalue weighted by atomic mass is 10.0. The van der Waals surface area contributed by atoms with E-state index in [2.05, 4.69) is 15.5 Å². The van der Waals surface area contributed by atoms with Gasteiger partial charge in [0.25, 0.3) is 11.8 Å². The number of carbonyl (C=O) groups excluding carboxylic acids is 3. The van der Waals surface area contributed by atoms with Gasteiger partial charge in [0.05, 0.1) is 30.5 Å². The van der Waals surface area contributed by atoms with Crippen LogP contribution >= 0.6 is 0 Å². The standard InChI is InChI=1S/C24H27N5O5/c1-15(2)20(25-22(30)18-9-13-34-14-18)21-27-26-19-8-10-28(11-12-29(19)21)23(31)16-4-6-17(7-5-16)24(32)33-3/h4-7,9,13-15,20H,8,10-12H2,1-3H3,(H,25,30)/t20-/m0/s1. The Morgan fingerprint density at radius 3 is 2.38 bits per heavy atom. The van der Waals surface area contributed by atoms with E-state index < -0.39 is 5.97 Å². The topological polar surface area (TPSA) is 120 Å². The van der Waals surface area contributed by atoms with Crippen molar-refractivity contribution in [2.24, 2.45) is 5.92 Å². The van der Waals surface area contributed by atoms with Gasteiger partial charge in [-0.3, -0.25) is 9.59 Å². The third kappa shape index (κ3) is 4.70. The number of carbonyl (C=O) groups is 3. The van der Waals surface area contributed by atoms with Gasteiger partial charge in [-0.25, -0.2) is 4.79 Å². The first-order valence-electron chi connectivity index (χ1n) is 11.1. The predicted molar refractivity (Wildman–Crippen MR) is 121 cm³/mol. The Balaban J connectivity index is 1.48. The maximum atomic E-state index is 13.1. The van der Waals surface area contributed by atoms with Gasteiger partial charge in [-0.2, -0.15) is 0 Å². The van der Waals surface area contributed by atoms with Crippen molar-refractivity contribution in [3.05, 3.63) is 71.2 Å². The first-order chi connectivity index (χ1) is 16.4. The zero-order valence-corrected chi connectivity index (χ0v) is 19.4. The second kappa shape index (κ2) is 9.90. The van der Waals surface area contributed by atoms with Crippen LogP contribution in [-0.4, -0.2) is 57.6 Å². The van der Waals surface area contributed by atoms with Crippen molar-refractivity contribution < 1.29 is 23.5 Å². The number of aromatic nitrogens is 3. The van der Waals surface area contributed by atoms with Crippen molar-refractivity contribution in [3.8, 4) is 0 Å². The molecule has 4 rings (SSSR count). The summed E-state index contributed by atoms with van der Waals surface area (Å²) in [6, 6.07) is 7.69. The quantitative estimate of drug-likeness (QED) is 0.556. The van der Waals surface area contributed by atoms with Crippen LogP contribution < -0.4 is 5.32 Å². The molecule has 10 nitrogen and oxygen atoms in total. The van der Waals surface area contributed by atoms with Gasteiger partial charge in [0.1, 0.15) is 12.1 Å². The lowest BCUT2D eigenvalue weighted by Crippen LogP contribution is -2.35. The molecule has 178 valence electrons. The highest BCUT2D eigenvalue weighted by Gasteiger charge is 2.29. The van der Waals surface area contributed by atoms with Gasteiger partial charge in [0.15, 0.2) is 5.82 Å². The largest absolute Gasteiger partial charge is 0.472 e. The molecule has 3 heterocycles. The summed E-state index contributed by atoms with van der Waals surface area (Å²) in [5.74, 6) is 0.696. The second-order valence-corrected chi connectivity index (χ2v) is 8.44. The molecule has 10 heteroatoms. The van der Waals surface area contributed by atoms with Crippen LogP contribution in [-0.2, 0) is 17.7 Å². The minimum Gasteiger partial charge on any atom is -0.472 e. The van der Waals surface area contributed by atoms with E-state index in [1.807, 2.05) is 18.4 Å². The molecular weight excluding hydrogens is 438 g/mol. The lowest BCUT2D eigenvalue weighted by molar-refractivity contribution is 0.0599. The summed E-state index contributed by atoms with van der Waals surface area (Å²) in [5.41, 5.74) is 1.33. The normalized spacial score (nSPS) is 14.3. The highest BCUT2D eigenvalue weighted by atomic mass is 16.5. The van der Waals surface area contributed by atoms with Crippen LogP contribution in [0.2, 0.25) is 0 Å². The van der Waals surface area contributed by atoms with E-state index in [-0.39, 0.29) is 23.8 Å². The molecule has 0 spiro atoms. The fraction of sp³-hybridized carbons (Fsp3) is 0.375. The Kier molecular flexibility index (Phi) is 6.76. The number of ether oxygens (including phenoxy) is 1. The molecule has 0 aliphatic carbocycles. The fourth-order valence-electron chi connectivity index (χ4n) is 3.98. The molecule has 0 unspecified atom stereocenters. The molecule has 1 atom stereocenters. The van der Waals surface area contributed by atoms with Crippen LogP contribution in [0.1, 0.15) is 62.6 Å². The maximum Gasteiger partial charge on any atom is 0.337 e. The number of nitrogens with one attached hydrogen (secondary N) is 1. The summed E-state index contributed by atoms with van der Waals surface area (Å²) >= 11 is 0. The number of methoxy groups -OCH3 is 1. The van der Waals surface area contributed by atoms with Crippen LogP contribution in [0.5, 0.6) is 0 Å². The summed E-state index contributed by atoms with van der Waals surface area (Å²) in [7, 11) is 1.32. The second-order valence-electron chi connectivity index (χ2n) is 8.44. The van der Waals surface area contributed by atoms with Crippen molar-refractivity contribution in [2.75, 3.05) is 20.2 Å². The average Bonchev–Trinajstić information content (AvgIpc) is 3.48. The Labute approximate surface area is 196 Å². The molecule has 0 bridgehead atoms. The summed E-state index contributed by atoms with van der Waals surface area (Å²) in [6.07, 6.45) is 3.40. The summed E-state index contributed by atoms with van der Waals surface area (Å²) in [4.78, 5) is 39.1. The SMILES string of the molecule is COC(=O)c1ccc(C(=O)N2CCc3nnc([C@@H](NC(=O)c4ccoc4)C(C)C)n3CC2)cc1. The smallest absolute Gasteiger partial charge is 0.337 e. The van der Waals surface area contributed by atoms with Crippen LogP contribution in [0.15, 0.2) is 47.3 Å². The van der Waals surface area contributed by atoms with Crippen LogP contribution in [0.25, 0.3) is 0 Å². The van der Waals surface area contributed by atoms with E-state index >= 15 is 0 Å². The van der Waals surface area contributed by atoms with E-state index in [1.54, 1.807) is 35.2 Å². The van der Waals surface area contributed by atoms with E-state index in [0.717, 1.165) is 5.82 Å². The van der Waals surface area contributed by atoms with Crippen molar-refractivity contribution in [2.45, 2.75) is 32.9 Å². The number of rotatable bonds is 6. The molecule has 1 N–H and O–H groups in total. The maximum absolute atomic E-state index is 13.1. The molecule has 1 aliphatic heterocycles. The lowest BCUT2D eigenvalue weighted by Gasteiger charge is -2.23. The third-order valence-corrected chi connectivity index (χ3v) is 5.91. The van der Waals surface area contributed by atoms with Crippen molar-refractivity contribution in [1.82, 2.24) is 25.0 Å². The van der Waals surface area contributed by atoms with Crippen molar-refractivity contribution >= 4 is 17.8 Å². The first-order valence-corrected chi connectivity index (χ1v) is 11.1. The number of hydrogen-bond acceptors (Lipinski definition) is 7. The number of furan rings is 1. The number of fused-ring (bicyclic) bond motifs is 1. The number of amides is 2. The first kappa shape index (κ1) is 23.2. The number of benzene rings is 1. The molecule has 0 saturated heterocycles. The molecule has 1 aromatic carbocycles. The summed E-state index contributed by atoms with van der Waals surface area (Å²) in [6.45, 7) is 5.48. The third-order valence-electron chi connectivity index (χ3n) is 5.91. The van der Waals surface area contributed by atoms with Gasteiger partial charge in [0.2, 0.25) is 0 Å². The zero-order valence-electron chi connectivity index (χ0n) is 19.4. The number of hydrogen-bond donors (Lipinski definition) is 1. The Morgan fingerprint density at radius 2 is 1.74 bits per heavy atom. The van der Waals surface area contributed by atoms with E-state index in [4.69, 9.17) is 9.15 Å². The highest BCUT2D eigenvalue weighted by molar-refractivity contribution is 5.96. The van der Waals surface area contributed by atoms with E-state index in [1.165, 1.54) is 19.6 Å². The van der Waals surface area contributed by atoms with Crippen LogP contribution in [0.3, 0.4) is 0 Å². The number of esters is 1. The predicted octanol–water partition coefficient (Wildman–Crippen LogP) is 2.48. The van der Waals surface area contributed by atoms with Gasteiger partial charge in [-0.15, -0.1) is 10.2 Å².